The molecule has 0 aliphatic carbocycles. The number of nitrogens with zero attached hydrogens (tertiary/aromatic N) is 2. The molecule has 2 amide bonds. The molecule has 7 nitrogen and oxygen atoms in total. The fourth-order valence-corrected chi connectivity index (χ4v) is 4.37. The number of carbonyl (C=O) groups is 2. The van der Waals surface area contributed by atoms with Gasteiger partial charge in [-0.25, -0.2) is 12.8 Å². The van der Waals surface area contributed by atoms with Crippen molar-refractivity contribution in [2.24, 2.45) is 0 Å². The molecule has 0 saturated carbocycles. The molecular formula is C24H32FN3O4S. The molecule has 0 bridgehead atoms. The van der Waals surface area contributed by atoms with Crippen LogP contribution in [0.15, 0.2) is 48.5 Å². The van der Waals surface area contributed by atoms with Crippen molar-refractivity contribution >= 4 is 27.5 Å². The summed E-state index contributed by atoms with van der Waals surface area (Å²) in [6.07, 6.45) is 1.37. The van der Waals surface area contributed by atoms with Crippen molar-refractivity contribution in [1.82, 2.24) is 10.2 Å². The largest absolute Gasteiger partial charge is 0.355 e. The van der Waals surface area contributed by atoms with E-state index in [1.165, 1.54) is 29.2 Å². The van der Waals surface area contributed by atoms with Crippen LogP contribution in [-0.2, 0) is 26.2 Å². The molecule has 2 aromatic rings. The quantitative estimate of drug-likeness (QED) is 0.538. The van der Waals surface area contributed by atoms with Crippen molar-refractivity contribution < 1.29 is 22.4 Å². The highest BCUT2D eigenvalue weighted by Crippen LogP contribution is 2.19. The number of hydrogen-bond acceptors (Lipinski definition) is 4. The number of likely N-dealkylation sites (N-methyl/N-ethyl adjacent to an activating group) is 1. The average molecular weight is 478 g/mol. The van der Waals surface area contributed by atoms with E-state index in [1.807, 2.05) is 38.1 Å². The lowest BCUT2D eigenvalue weighted by molar-refractivity contribution is -0.140. The molecule has 2 rings (SSSR count). The molecule has 33 heavy (non-hydrogen) atoms. The molecule has 0 saturated heterocycles. The van der Waals surface area contributed by atoms with Gasteiger partial charge < -0.3 is 10.2 Å². The van der Waals surface area contributed by atoms with E-state index in [4.69, 9.17) is 0 Å². The number of aryl methyl sites for hydroxylation is 1. The molecule has 0 aliphatic rings. The summed E-state index contributed by atoms with van der Waals surface area (Å²) in [6, 6.07) is 12.2. The first-order valence-corrected chi connectivity index (χ1v) is 12.7. The summed E-state index contributed by atoms with van der Waals surface area (Å²) in [5.74, 6) is -0.961. The minimum Gasteiger partial charge on any atom is -0.355 e. The van der Waals surface area contributed by atoms with Crippen molar-refractivity contribution in [3.05, 3.63) is 65.5 Å². The van der Waals surface area contributed by atoms with Gasteiger partial charge in [-0.1, -0.05) is 29.8 Å². The lowest BCUT2D eigenvalue weighted by Crippen LogP contribution is -2.47. The number of sulfonamides is 1. The van der Waals surface area contributed by atoms with E-state index in [2.05, 4.69) is 5.32 Å². The number of halogens is 1. The van der Waals surface area contributed by atoms with Crippen LogP contribution in [0.3, 0.4) is 0 Å². The first-order valence-electron chi connectivity index (χ1n) is 10.9. The Balaban J connectivity index is 2.13. The van der Waals surface area contributed by atoms with Gasteiger partial charge in [0.05, 0.1) is 11.9 Å². The number of hydrogen-bond donors (Lipinski definition) is 1. The van der Waals surface area contributed by atoms with E-state index in [0.717, 1.165) is 21.7 Å². The second kappa shape index (κ2) is 11.8. The third-order valence-corrected chi connectivity index (χ3v) is 6.45. The van der Waals surface area contributed by atoms with Gasteiger partial charge in [-0.05, 0) is 57.0 Å². The third kappa shape index (κ3) is 7.85. The van der Waals surface area contributed by atoms with Crippen molar-refractivity contribution in [3.8, 4) is 0 Å². The van der Waals surface area contributed by atoms with Crippen molar-refractivity contribution in [1.29, 1.82) is 0 Å². The maximum absolute atomic E-state index is 13.2. The van der Waals surface area contributed by atoms with Gasteiger partial charge >= 0.3 is 0 Å². The zero-order valence-corrected chi connectivity index (χ0v) is 20.4. The number of rotatable bonds is 11. The number of nitrogens with one attached hydrogen (secondary N) is 1. The van der Waals surface area contributed by atoms with Crippen molar-refractivity contribution in [3.63, 3.8) is 0 Å². The van der Waals surface area contributed by atoms with Crippen LogP contribution in [0.2, 0.25) is 0 Å². The Kier molecular flexibility index (Phi) is 9.40. The highest BCUT2D eigenvalue weighted by molar-refractivity contribution is 7.92. The second-order valence-electron chi connectivity index (χ2n) is 7.99. The summed E-state index contributed by atoms with van der Waals surface area (Å²) in [5, 5.41) is 2.74. The average Bonchev–Trinajstić information content (AvgIpc) is 2.76. The minimum atomic E-state index is -3.62. The summed E-state index contributed by atoms with van der Waals surface area (Å²) in [5.41, 5.74) is 2.32. The van der Waals surface area contributed by atoms with Gasteiger partial charge in [0.15, 0.2) is 0 Å². The molecule has 0 radical (unpaired) electrons. The van der Waals surface area contributed by atoms with Crippen LogP contribution < -0.4 is 9.62 Å². The van der Waals surface area contributed by atoms with Crippen molar-refractivity contribution in [2.45, 2.75) is 46.2 Å². The molecule has 9 heteroatoms. The molecule has 180 valence electrons. The van der Waals surface area contributed by atoms with E-state index in [0.29, 0.717) is 12.2 Å². The number of amides is 2. The molecule has 0 unspecified atom stereocenters. The first kappa shape index (κ1) is 26.3. The molecular weight excluding hydrogens is 445 g/mol. The minimum absolute atomic E-state index is 0.0584. The monoisotopic (exact) mass is 477 g/mol. The van der Waals surface area contributed by atoms with Gasteiger partial charge in [-0.15, -0.1) is 0 Å². The van der Waals surface area contributed by atoms with Crippen molar-refractivity contribution in [2.75, 3.05) is 23.7 Å². The fraction of sp³-hybridized carbons (Fsp3) is 0.417. The Morgan fingerprint density at radius 2 is 1.67 bits per heavy atom. The summed E-state index contributed by atoms with van der Waals surface area (Å²) in [4.78, 5) is 27.1. The van der Waals surface area contributed by atoms with Gasteiger partial charge in [0.25, 0.3) is 0 Å². The van der Waals surface area contributed by atoms with E-state index < -0.39 is 21.9 Å². The highest BCUT2D eigenvalue weighted by Gasteiger charge is 2.26. The predicted molar refractivity (Wildman–Crippen MR) is 128 cm³/mol. The molecule has 1 N–H and O–H groups in total. The predicted octanol–water partition coefficient (Wildman–Crippen LogP) is 3.23. The Morgan fingerprint density at radius 1 is 1.06 bits per heavy atom. The van der Waals surface area contributed by atoms with Gasteiger partial charge in [0, 0.05) is 26.1 Å². The molecule has 0 aliphatic heterocycles. The van der Waals surface area contributed by atoms with Crippen LogP contribution in [0.1, 0.15) is 37.8 Å². The molecule has 1 atom stereocenters. The van der Waals surface area contributed by atoms with Crippen LogP contribution in [0.25, 0.3) is 0 Å². The Bertz CT molecular complexity index is 1040. The first-order chi connectivity index (χ1) is 15.5. The lowest BCUT2D eigenvalue weighted by Gasteiger charge is -2.29. The van der Waals surface area contributed by atoms with Gasteiger partial charge in [0.2, 0.25) is 21.8 Å². The van der Waals surface area contributed by atoms with Crippen LogP contribution in [-0.4, -0.2) is 50.5 Å². The van der Waals surface area contributed by atoms with Gasteiger partial charge in [-0.2, -0.15) is 0 Å². The van der Waals surface area contributed by atoms with Crippen LogP contribution in [0.5, 0.6) is 0 Å². The third-order valence-electron chi connectivity index (χ3n) is 5.26. The summed E-state index contributed by atoms with van der Waals surface area (Å²) < 4.78 is 38.9. The maximum Gasteiger partial charge on any atom is 0.242 e. The van der Waals surface area contributed by atoms with E-state index in [9.17, 15) is 22.4 Å². The smallest absolute Gasteiger partial charge is 0.242 e. The fourth-order valence-electron chi connectivity index (χ4n) is 3.41. The van der Waals surface area contributed by atoms with E-state index in [-0.39, 0.29) is 37.7 Å². The van der Waals surface area contributed by atoms with Crippen LogP contribution in [0.4, 0.5) is 10.1 Å². The SMILES string of the molecule is CCNC(=O)[C@H](C)N(Cc1ccc(C)cc1)C(=O)CCCN(c1ccc(F)cc1)S(C)(=O)=O. The molecule has 2 aromatic carbocycles. The lowest BCUT2D eigenvalue weighted by atomic mass is 10.1. The second-order valence-corrected chi connectivity index (χ2v) is 9.90. The topological polar surface area (TPSA) is 86.8 Å². The van der Waals surface area contributed by atoms with E-state index in [1.54, 1.807) is 6.92 Å². The highest BCUT2D eigenvalue weighted by atomic mass is 32.2. The summed E-state index contributed by atoms with van der Waals surface area (Å²) in [7, 11) is -3.62. The molecule has 0 spiro atoms. The number of anilines is 1. The molecule has 0 aromatic heterocycles. The zero-order valence-electron chi connectivity index (χ0n) is 19.5. The Hall–Kier alpha value is -2.94. The number of carbonyl (C=O) groups excluding carboxylic acids is 2. The van der Waals surface area contributed by atoms with E-state index >= 15 is 0 Å². The van der Waals surface area contributed by atoms with Gasteiger partial charge in [0.1, 0.15) is 11.9 Å². The Labute approximate surface area is 195 Å². The molecule has 0 heterocycles. The molecule has 0 fully saturated rings. The van der Waals surface area contributed by atoms with Gasteiger partial charge in [-0.3, -0.25) is 13.9 Å². The number of benzene rings is 2. The standard InChI is InChI=1S/C24H32FN3O4S/c1-5-26-24(30)19(3)27(17-20-10-8-18(2)9-11-20)23(29)7-6-16-28(33(4,31)32)22-14-12-21(25)13-15-22/h8-15,19H,5-7,16-17H2,1-4H3,(H,26,30)/t19-/m0/s1. The summed E-state index contributed by atoms with van der Waals surface area (Å²) >= 11 is 0. The summed E-state index contributed by atoms with van der Waals surface area (Å²) in [6.45, 7) is 6.25. The maximum atomic E-state index is 13.2. The van der Waals surface area contributed by atoms with Crippen LogP contribution >= 0.6 is 0 Å². The zero-order chi connectivity index (χ0) is 24.6. The normalized spacial score (nSPS) is 12.2. The Morgan fingerprint density at radius 3 is 2.21 bits per heavy atom. The van der Waals surface area contributed by atoms with Crippen LogP contribution in [0, 0.1) is 12.7 Å².